The van der Waals surface area contributed by atoms with E-state index in [0.717, 1.165) is 4.88 Å². The summed E-state index contributed by atoms with van der Waals surface area (Å²) in [5, 5.41) is 15.1. The van der Waals surface area contributed by atoms with Crippen molar-refractivity contribution in [3.8, 4) is 0 Å². The fourth-order valence-corrected chi connectivity index (χ4v) is 5.03. The van der Waals surface area contributed by atoms with Gasteiger partial charge in [0.25, 0.3) is 0 Å². The Morgan fingerprint density at radius 3 is 2.50 bits per heavy atom. The number of carbonyl (C=O) groups excluding carboxylic acids is 3. The van der Waals surface area contributed by atoms with Crippen LogP contribution in [0, 0.1) is 0 Å². The van der Waals surface area contributed by atoms with Crippen molar-refractivity contribution in [2.45, 2.75) is 30.8 Å². The molecule has 11 heteroatoms. The van der Waals surface area contributed by atoms with Gasteiger partial charge in [-0.15, -0.1) is 23.1 Å². The van der Waals surface area contributed by atoms with Gasteiger partial charge in [-0.1, -0.05) is 12.1 Å². The number of amides is 2. The second-order valence-electron chi connectivity index (χ2n) is 6.81. The number of thioether (sulfide) groups is 1. The summed E-state index contributed by atoms with van der Waals surface area (Å²) in [6.45, 7) is 1.04. The Hall–Kier alpha value is -3.18. The number of aromatic nitrogens is 1. The lowest BCUT2D eigenvalue weighted by Gasteiger charge is -2.51. The van der Waals surface area contributed by atoms with Crippen LogP contribution < -0.4 is 5.32 Å². The molecule has 0 spiro atoms. The highest BCUT2D eigenvalue weighted by Gasteiger charge is 2.55. The highest BCUT2D eigenvalue weighted by molar-refractivity contribution is 8.02. The monoisotopic (exact) mass is 475 g/mol. The topological polar surface area (TPSA) is 126 Å². The molecule has 2 unspecified atom stereocenters. The smallest absolute Gasteiger partial charge is 0.330 e. The van der Waals surface area contributed by atoms with Crippen LogP contribution in [0.5, 0.6) is 0 Å². The van der Waals surface area contributed by atoms with E-state index < -0.39 is 35.3 Å². The van der Waals surface area contributed by atoms with Crippen LogP contribution in [0.4, 0.5) is 0 Å². The third kappa shape index (κ3) is 5.74. The lowest BCUT2D eigenvalue weighted by molar-refractivity contribution is -0.160. The fraction of sp³-hybridized carbons (Fsp3) is 0.286. The average Bonchev–Trinajstić information content (AvgIpc) is 3.29. The van der Waals surface area contributed by atoms with E-state index in [1.54, 1.807) is 17.8 Å². The zero-order chi connectivity index (χ0) is 23.1. The number of carbonyl (C=O) groups is 4. The van der Waals surface area contributed by atoms with E-state index in [1.807, 2.05) is 35.7 Å². The molecule has 2 N–H and O–H groups in total. The van der Waals surface area contributed by atoms with Gasteiger partial charge in [0.05, 0.1) is 6.42 Å². The number of thiophene rings is 1. The van der Waals surface area contributed by atoms with Crippen LogP contribution in [0.25, 0.3) is 0 Å². The van der Waals surface area contributed by atoms with Crippen LogP contribution in [0.3, 0.4) is 0 Å². The van der Waals surface area contributed by atoms with Gasteiger partial charge in [0.1, 0.15) is 18.0 Å². The minimum atomic E-state index is -1.20. The molecule has 0 aromatic carbocycles. The highest BCUT2D eigenvalue weighted by Crippen LogP contribution is 2.40. The summed E-state index contributed by atoms with van der Waals surface area (Å²) < 4.78 is 4.86. The Morgan fingerprint density at radius 1 is 1.22 bits per heavy atom. The molecule has 1 saturated heterocycles. The number of hydrogen-bond donors (Lipinski definition) is 2. The molecule has 1 fully saturated rings. The van der Waals surface area contributed by atoms with Crippen molar-refractivity contribution in [3.05, 3.63) is 64.0 Å². The predicted octanol–water partition coefficient (Wildman–Crippen LogP) is 1.67. The molecule has 32 heavy (non-hydrogen) atoms. The van der Waals surface area contributed by atoms with E-state index in [0.29, 0.717) is 5.57 Å². The molecule has 0 bridgehead atoms. The highest BCUT2D eigenvalue weighted by atomic mass is 32.2. The number of fused-ring (bicyclic) bond motifs is 1. The van der Waals surface area contributed by atoms with E-state index in [2.05, 4.69) is 10.3 Å². The Bertz CT molecular complexity index is 970. The Morgan fingerprint density at radius 2 is 1.97 bits per heavy atom. The molecule has 3 atom stereocenters. The van der Waals surface area contributed by atoms with Crippen LogP contribution in [0.15, 0.2) is 59.1 Å². The summed E-state index contributed by atoms with van der Waals surface area (Å²) in [4.78, 5) is 53.0. The lowest BCUT2D eigenvalue weighted by atomic mass is 9.98. The summed E-state index contributed by atoms with van der Waals surface area (Å²) in [6.07, 6.45) is 3.68. The van der Waals surface area contributed by atoms with E-state index in [-0.39, 0.29) is 18.9 Å². The molecular weight excluding hydrogens is 454 g/mol. The Labute approximate surface area is 192 Å². The molecule has 168 valence electrons. The molecule has 2 aliphatic rings. The maximum atomic E-state index is 12.4. The number of aliphatic carboxylic acids is 1. The molecule has 4 rings (SSSR count). The van der Waals surface area contributed by atoms with Gasteiger partial charge < -0.3 is 20.1 Å². The first-order valence-corrected chi connectivity index (χ1v) is 11.4. The number of carboxylic acid groups (broad SMARTS) is 1. The maximum absolute atomic E-state index is 12.4. The van der Waals surface area contributed by atoms with Crippen LogP contribution in [-0.4, -0.2) is 62.8 Å². The van der Waals surface area contributed by atoms with Crippen LogP contribution >= 0.6 is 23.1 Å². The summed E-state index contributed by atoms with van der Waals surface area (Å²) in [6, 6.07) is 7.43. The standard InChI is InChI=1S/C16H16N2O6S2.C5H5N/c1-8(19)24-6-9-7-26-15-12(14(21)18(15)13(9)16(22)23)17-11(20)5-10-3-2-4-25-10;1-2-4-6-5-3-1/h2-4,7,12-13,15H,5-6H2,1H3,(H,17,20)(H,22,23);1-5H/t12?,13?,15-;/m1./s1. The molecular formula is C21H21N3O6S2. The SMILES string of the molecule is CC(=O)OCC1=CS[C@@H]2C(NC(=O)Cc3cccs3)C(=O)N2C1C(=O)O.c1ccncc1. The third-order valence-corrected chi connectivity index (χ3v) is 6.64. The van der Waals surface area contributed by atoms with Gasteiger partial charge in [-0.05, 0) is 29.0 Å². The quantitative estimate of drug-likeness (QED) is 0.477. The first-order valence-electron chi connectivity index (χ1n) is 9.58. The molecule has 0 aliphatic carbocycles. The second kappa shape index (κ2) is 10.9. The molecule has 2 aromatic heterocycles. The molecule has 2 aromatic rings. The maximum Gasteiger partial charge on any atom is 0.330 e. The fourth-order valence-electron chi connectivity index (χ4n) is 3.12. The number of ether oxygens (including phenoxy) is 1. The van der Waals surface area contributed by atoms with Crippen molar-refractivity contribution in [1.29, 1.82) is 0 Å². The number of rotatable bonds is 6. The zero-order valence-electron chi connectivity index (χ0n) is 17.0. The average molecular weight is 476 g/mol. The van der Waals surface area contributed by atoms with E-state index in [9.17, 15) is 24.3 Å². The van der Waals surface area contributed by atoms with Crippen molar-refractivity contribution in [2.75, 3.05) is 6.61 Å². The van der Waals surface area contributed by atoms with Gasteiger partial charge >= 0.3 is 11.9 Å². The van der Waals surface area contributed by atoms with E-state index >= 15 is 0 Å². The number of nitrogens with zero attached hydrogens (tertiary/aromatic N) is 2. The molecule has 9 nitrogen and oxygen atoms in total. The first kappa shape index (κ1) is 23.5. The van der Waals surface area contributed by atoms with Crippen LogP contribution in [0.1, 0.15) is 11.8 Å². The van der Waals surface area contributed by atoms with Crippen LogP contribution in [0.2, 0.25) is 0 Å². The van der Waals surface area contributed by atoms with Gasteiger partial charge in [-0.25, -0.2) is 4.79 Å². The van der Waals surface area contributed by atoms with Gasteiger partial charge in [0.15, 0.2) is 6.04 Å². The van der Waals surface area contributed by atoms with Crippen molar-refractivity contribution in [1.82, 2.24) is 15.2 Å². The minimum Gasteiger partial charge on any atom is -0.479 e. The number of carboxylic acids is 1. The second-order valence-corrected chi connectivity index (χ2v) is 8.83. The summed E-state index contributed by atoms with van der Waals surface area (Å²) in [7, 11) is 0. The zero-order valence-corrected chi connectivity index (χ0v) is 18.7. The summed E-state index contributed by atoms with van der Waals surface area (Å²) >= 11 is 2.68. The number of pyridine rings is 1. The Balaban J connectivity index is 0.000000416. The van der Waals surface area contributed by atoms with Gasteiger partial charge in [0.2, 0.25) is 11.8 Å². The molecule has 2 aliphatic heterocycles. The molecule has 2 amide bonds. The molecule has 0 saturated carbocycles. The molecule has 0 radical (unpaired) electrons. The summed E-state index contributed by atoms with van der Waals surface area (Å²) in [5.74, 6) is -2.48. The predicted molar refractivity (Wildman–Crippen MR) is 119 cm³/mol. The minimum absolute atomic E-state index is 0.175. The Kier molecular flexibility index (Phi) is 8.01. The lowest BCUT2D eigenvalue weighted by Crippen LogP contribution is -2.74. The van der Waals surface area contributed by atoms with Crippen molar-refractivity contribution >= 4 is 46.9 Å². The van der Waals surface area contributed by atoms with Crippen molar-refractivity contribution < 1.29 is 29.0 Å². The summed E-state index contributed by atoms with van der Waals surface area (Å²) in [5.41, 5.74) is 0.325. The van der Waals surface area contributed by atoms with Crippen molar-refractivity contribution in [3.63, 3.8) is 0 Å². The number of nitrogens with one attached hydrogen (secondary N) is 1. The van der Waals surface area contributed by atoms with Crippen LogP contribution in [-0.2, 0) is 30.3 Å². The van der Waals surface area contributed by atoms with Gasteiger partial charge in [-0.2, -0.15) is 0 Å². The largest absolute Gasteiger partial charge is 0.479 e. The number of hydrogen-bond acceptors (Lipinski definition) is 8. The van der Waals surface area contributed by atoms with E-state index in [1.165, 1.54) is 34.9 Å². The first-order chi connectivity index (χ1) is 15.4. The molecule has 4 heterocycles. The normalized spacial score (nSPS) is 21.2. The number of β-lactam (4-membered cyclic amide) rings is 1. The number of esters is 1. The third-order valence-electron chi connectivity index (χ3n) is 4.54. The van der Waals surface area contributed by atoms with E-state index in [4.69, 9.17) is 4.74 Å². The van der Waals surface area contributed by atoms with Crippen molar-refractivity contribution in [2.24, 2.45) is 0 Å². The van der Waals surface area contributed by atoms with Gasteiger partial charge in [-0.3, -0.25) is 19.4 Å². The van der Waals surface area contributed by atoms with Gasteiger partial charge in [0, 0.05) is 29.8 Å².